The Balaban J connectivity index is 1.09. The van der Waals surface area contributed by atoms with Gasteiger partial charge in [-0.1, -0.05) is 152 Å². The van der Waals surface area contributed by atoms with E-state index in [2.05, 4.69) is 198 Å². The van der Waals surface area contributed by atoms with Crippen molar-refractivity contribution in [2.75, 3.05) is 4.90 Å². The SMILES string of the molecule is N#Cc1ccc(N(c2ccc(-c3cccnc3)cc2)c2ccc(-c3ccc4c(-c5cccc6ccccc56)c5ccccc5c(-c5cccc6ccccc56)c4c3)cc2)cc1. The van der Waals surface area contributed by atoms with E-state index in [1.807, 2.05) is 36.5 Å². The molecule has 0 atom stereocenters. The van der Waals surface area contributed by atoms with Crippen molar-refractivity contribution in [1.82, 2.24) is 4.98 Å². The number of aromatic nitrogens is 1. The smallest absolute Gasteiger partial charge is 0.0991 e. The Kier molecular flexibility index (Phi) is 8.88. The highest BCUT2D eigenvalue weighted by Gasteiger charge is 2.20. The van der Waals surface area contributed by atoms with Gasteiger partial charge in [0, 0.05) is 29.5 Å². The summed E-state index contributed by atoms with van der Waals surface area (Å²) in [5, 5.41) is 19.4. The number of hydrogen-bond donors (Lipinski definition) is 0. The van der Waals surface area contributed by atoms with Crippen molar-refractivity contribution >= 4 is 60.2 Å². The molecule has 0 N–H and O–H groups in total. The summed E-state index contributed by atoms with van der Waals surface area (Å²) in [4.78, 5) is 6.55. The molecule has 3 nitrogen and oxygen atoms in total. The Morgan fingerprint density at radius 1 is 0.361 bits per heavy atom. The minimum atomic E-state index is 0.626. The van der Waals surface area contributed by atoms with E-state index >= 15 is 0 Å². The largest absolute Gasteiger partial charge is 0.311 e. The average molecular weight is 776 g/mol. The zero-order valence-corrected chi connectivity index (χ0v) is 33.2. The Morgan fingerprint density at radius 3 is 1.36 bits per heavy atom. The van der Waals surface area contributed by atoms with Gasteiger partial charge in [-0.05, 0) is 148 Å². The fourth-order valence-electron chi connectivity index (χ4n) is 9.10. The molecule has 0 bridgehead atoms. The summed E-state index contributed by atoms with van der Waals surface area (Å²) in [7, 11) is 0. The summed E-state index contributed by atoms with van der Waals surface area (Å²) >= 11 is 0. The van der Waals surface area contributed by atoms with Crippen molar-refractivity contribution in [3.8, 4) is 50.6 Å². The molecule has 0 radical (unpaired) electrons. The molecule has 0 aliphatic carbocycles. The molecule has 0 aliphatic heterocycles. The minimum Gasteiger partial charge on any atom is -0.311 e. The van der Waals surface area contributed by atoms with Crippen molar-refractivity contribution < 1.29 is 0 Å². The molecule has 0 spiro atoms. The highest BCUT2D eigenvalue weighted by Crippen LogP contribution is 2.48. The minimum absolute atomic E-state index is 0.626. The number of fused-ring (bicyclic) bond motifs is 4. The zero-order valence-electron chi connectivity index (χ0n) is 33.2. The van der Waals surface area contributed by atoms with Gasteiger partial charge in [0.1, 0.15) is 0 Å². The fourth-order valence-corrected chi connectivity index (χ4v) is 9.10. The van der Waals surface area contributed by atoms with Gasteiger partial charge in [0.25, 0.3) is 0 Å². The summed E-state index contributed by atoms with van der Waals surface area (Å²) < 4.78 is 0. The monoisotopic (exact) mass is 775 g/mol. The fraction of sp³-hybridized carbons (Fsp3) is 0. The van der Waals surface area contributed by atoms with Crippen LogP contribution in [-0.4, -0.2) is 4.98 Å². The second kappa shape index (κ2) is 15.1. The number of pyridine rings is 1. The van der Waals surface area contributed by atoms with Crippen LogP contribution >= 0.6 is 0 Å². The molecule has 61 heavy (non-hydrogen) atoms. The molecule has 10 aromatic carbocycles. The van der Waals surface area contributed by atoms with Gasteiger partial charge in [-0.2, -0.15) is 5.26 Å². The van der Waals surface area contributed by atoms with E-state index in [1.54, 1.807) is 6.20 Å². The van der Waals surface area contributed by atoms with Crippen LogP contribution in [0.4, 0.5) is 17.1 Å². The number of nitrogens with zero attached hydrogens (tertiary/aromatic N) is 3. The Bertz CT molecular complexity index is 3450. The molecule has 1 aromatic heterocycles. The third-order valence-electron chi connectivity index (χ3n) is 12.0. The van der Waals surface area contributed by atoms with Gasteiger partial charge in [-0.15, -0.1) is 0 Å². The Hall–Kier alpha value is -8.32. The van der Waals surface area contributed by atoms with E-state index in [0.717, 1.165) is 39.3 Å². The van der Waals surface area contributed by atoms with E-state index in [9.17, 15) is 5.26 Å². The highest BCUT2D eigenvalue weighted by molar-refractivity contribution is 6.25. The Labute approximate surface area is 354 Å². The van der Waals surface area contributed by atoms with Crippen molar-refractivity contribution in [3.63, 3.8) is 0 Å². The van der Waals surface area contributed by atoms with Crippen LogP contribution in [0.3, 0.4) is 0 Å². The molecular formula is C58H37N3. The predicted molar refractivity (Wildman–Crippen MR) is 255 cm³/mol. The van der Waals surface area contributed by atoms with Crippen LogP contribution in [0.1, 0.15) is 5.56 Å². The van der Waals surface area contributed by atoms with Crippen LogP contribution in [-0.2, 0) is 0 Å². The lowest BCUT2D eigenvalue weighted by molar-refractivity contribution is 1.28. The summed E-state index contributed by atoms with van der Waals surface area (Å²) in [6, 6.07) is 78.2. The van der Waals surface area contributed by atoms with E-state index in [1.165, 1.54) is 65.3 Å². The summed E-state index contributed by atoms with van der Waals surface area (Å²) in [5.74, 6) is 0. The van der Waals surface area contributed by atoms with Gasteiger partial charge >= 0.3 is 0 Å². The van der Waals surface area contributed by atoms with Crippen LogP contribution < -0.4 is 4.90 Å². The summed E-state index contributed by atoms with van der Waals surface area (Å²) in [6.07, 6.45) is 3.68. The number of nitriles is 1. The number of rotatable bonds is 7. The first kappa shape index (κ1) is 35.8. The van der Waals surface area contributed by atoms with Gasteiger partial charge in [-0.25, -0.2) is 0 Å². The molecule has 11 rings (SSSR count). The Morgan fingerprint density at radius 2 is 0.820 bits per heavy atom. The van der Waals surface area contributed by atoms with Gasteiger partial charge in [0.2, 0.25) is 0 Å². The van der Waals surface area contributed by atoms with Gasteiger partial charge in [0.05, 0.1) is 11.6 Å². The van der Waals surface area contributed by atoms with E-state index in [-0.39, 0.29) is 0 Å². The molecule has 0 fully saturated rings. The van der Waals surface area contributed by atoms with Crippen molar-refractivity contribution in [2.24, 2.45) is 0 Å². The van der Waals surface area contributed by atoms with Crippen LogP contribution in [0.2, 0.25) is 0 Å². The maximum atomic E-state index is 9.57. The summed E-state index contributed by atoms with van der Waals surface area (Å²) in [6.45, 7) is 0. The van der Waals surface area contributed by atoms with Crippen LogP contribution in [0.25, 0.3) is 87.6 Å². The predicted octanol–water partition coefficient (Wildman–Crippen LogP) is 15.7. The van der Waals surface area contributed by atoms with Crippen LogP contribution in [0, 0.1) is 11.3 Å². The van der Waals surface area contributed by atoms with Gasteiger partial charge in [-0.3, -0.25) is 4.98 Å². The van der Waals surface area contributed by atoms with E-state index < -0.39 is 0 Å². The van der Waals surface area contributed by atoms with Crippen LogP contribution in [0.15, 0.2) is 225 Å². The lowest BCUT2D eigenvalue weighted by atomic mass is 9.83. The van der Waals surface area contributed by atoms with Crippen LogP contribution in [0.5, 0.6) is 0 Å². The molecule has 0 aliphatic rings. The third-order valence-corrected chi connectivity index (χ3v) is 12.0. The molecule has 3 heteroatoms. The summed E-state index contributed by atoms with van der Waals surface area (Å²) in [5.41, 5.74) is 13.0. The first-order chi connectivity index (χ1) is 30.2. The average Bonchev–Trinajstić information content (AvgIpc) is 3.34. The maximum Gasteiger partial charge on any atom is 0.0991 e. The maximum absolute atomic E-state index is 9.57. The lowest BCUT2D eigenvalue weighted by Crippen LogP contribution is -2.09. The molecule has 284 valence electrons. The molecule has 0 saturated carbocycles. The highest BCUT2D eigenvalue weighted by atomic mass is 15.1. The molecule has 0 saturated heterocycles. The van der Waals surface area contributed by atoms with Crippen molar-refractivity contribution in [2.45, 2.75) is 0 Å². The number of hydrogen-bond acceptors (Lipinski definition) is 3. The molecule has 1 heterocycles. The molecular weight excluding hydrogens is 739 g/mol. The standard InChI is InChI=1S/C58H37N3/c59-37-39-21-28-46(29-22-39)61(48-32-25-41(26-33-48)45-14-9-35-60-38-45)47-30-23-40(24-31-47)44-27-34-55-56(36-44)58(52-20-8-13-43-11-2-4-16-50(43)52)54-18-6-5-17-53(54)57(55)51-19-7-12-42-10-1-3-15-49(42)51/h1-36,38H. The second-order valence-corrected chi connectivity index (χ2v) is 15.4. The van der Waals surface area contributed by atoms with Crippen molar-refractivity contribution in [1.29, 1.82) is 5.26 Å². The van der Waals surface area contributed by atoms with Gasteiger partial charge in [0.15, 0.2) is 0 Å². The van der Waals surface area contributed by atoms with Gasteiger partial charge < -0.3 is 4.90 Å². The molecule has 0 amide bonds. The van der Waals surface area contributed by atoms with E-state index in [0.29, 0.717) is 5.56 Å². The van der Waals surface area contributed by atoms with Crippen molar-refractivity contribution in [3.05, 3.63) is 230 Å². The second-order valence-electron chi connectivity index (χ2n) is 15.4. The lowest BCUT2D eigenvalue weighted by Gasteiger charge is -2.26. The molecule has 0 unspecified atom stereocenters. The topological polar surface area (TPSA) is 39.9 Å². The third kappa shape index (κ3) is 6.35. The molecule has 11 aromatic rings. The first-order valence-electron chi connectivity index (χ1n) is 20.6. The number of benzene rings is 10. The van der Waals surface area contributed by atoms with E-state index in [4.69, 9.17) is 0 Å². The normalized spacial score (nSPS) is 11.3. The number of anilines is 3. The zero-order chi connectivity index (χ0) is 40.7. The first-order valence-corrected chi connectivity index (χ1v) is 20.6. The quantitative estimate of drug-likeness (QED) is 0.151.